The van der Waals surface area contributed by atoms with Crippen molar-refractivity contribution in [3.8, 4) is 0 Å². The molecule has 13 heavy (non-hydrogen) atoms. The molecule has 0 saturated carbocycles. The minimum atomic E-state index is 0.250. The van der Waals surface area contributed by atoms with Crippen LogP contribution in [0.25, 0.3) is 0 Å². The van der Waals surface area contributed by atoms with Crippen molar-refractivity contribution < 1.29 is 10.2 Å². The van der Waals surface area contributed by atoms with Gasteiger partial charge in [-0.15, -0.1) is 0 Å². The monoisotopic (exact) mass is 190 g/mol. The van der Waals surface area contributed by atoms with Crippen LogP contribution in [0, 0.1) is 11.8 Å². The van der Waals surface area contributed by atoms with Crippen LogP contribution in [0.1, 0.15) is 47.0 Å². The summed E-state index contributed by atoms with van der Waals surface area (Å²) in [5, 5.41) is 16.3. The van der Waals surface area contributed by atoms with E-state index in [4.69, 9.17) is 10.2 Å². The molecule has 0 amide bonds. The third-order valence-corrected chi connectivity index (χ3v) is 1.92. The Morgan fingerprint density at radius 1 is 1.08 bits per heavy atom. The van der Waals surface area contributed by atoms with Crippen LogP contribution in [-0.2, 0) is 0 Å². The fourth-order valence-electron chi connectivity index (χ4n) is 1.34. The van der Waals surface area contributed by atoms with Gasteiger partial charge in [-0.05, 0) is 31.6 Å². The molecule has 1 atom stereocenters. The molecule has 0 saturated heterocycles. The maximum atomic E-state index is 8.68. The highest BCUT2D eigenvalue weighted by Gasteiger charge is 2.06. The van der Waals surface area contributed by atoms with E-state index in [-0.39, 0.29) is 6.61 Å². The van der Waals surface area contributed by atoms with E-state index in [1.165, 1.54) is 12.8 Å². The number of aliphatic hydroxyl groups excluding tert-OH is 2. The average molecular weight is 190 g/mol. The lowest BCUT2D eigenvalue weighted by atomic mass is 9.92. The molecule has 0 aromatic carbocycles. The van der Waals surface area contributed by atoms with Crippen molar-refractivity contribution in [1.82, 2.24) is 0 Å². The summed E-state index contributed by atoms with van der Waals surface area (Å²) in [5.74, 6) is 1.52. The summed E-state index contributed by atoms with van der Waals surface area (Å²) in [7, 11) is 0. The molecule has 0 aromatic heterocycles. The van der Waals surface area contributed by atoms with Gasteiger partial charge in [0, 0.05) is 13.2 Å². The number of rotatable bonds is 5. The minimum Gasteiger partial charge on any atom is -0.397 e. The van der Waals surface area contributed by atoms with Crippen molar-refractivity contribution >= 4 is 0 Å². The van der Waals surface area contributed by atoms with E-state index >= 15 is 0 Å². The predicted octanol–water partition coefficient (Wildman–Crippen LogP) is 2.44. The topological polar surface area (TPSA) is 40.5 Å². The molecule has 0 rings (SSSR count). The van der Waals surface area contributed by atoms with E-state index < -0.39 is 0 Å². The molecule has 2 nitrogen and oxygen atoms in total. The highest BCUT2D eigenvalue weighted by atomic mass is 16.3. The zero-order chi connectivity index (χ0) is 10.7. The smallest absolute Gasteiger partial charge is 0.0433 e. The molecular weight excluding hydrogens is 164 g/mol. The molecule has 0 spiro atoms. The Hall–Kier alpha value is -0.0800. The van der Waals surface area contributed by atoms with Gasteiger partial charge in [0.25, 0.3) is 0 Å². The van der Waals surface area contributed by atoms with Crippen molar-refractivity contribution in [3.63, 3.8) is 0 Å². The Balaban J connectivity index is 0. The van der Waals surface area contributed by atoms with Gasteiger partial charge in [-0.1, -0.05) is 27.2 Å². The molecule has 0 radical (unpaired) electrons. The lowest BCUT2D eigenvalue weighted by Crippen LogP contribution is -2.05. The summed E-state index contributed by atoms with van der Waals surface area (Å²) < 4.78 is 0. The van der Waals surface area contributed by atoms with Gasteiger partial charge in [-0.3, -0.25) is 0 Å². The maximum absolute atomic E-state index is 8.68. The summed E-state index contributed by atoms with van der Waals surface area (Å²) >= 11 is 0. The van der Waals surface area contributed by atoms with Gasteiger partial charge < -0.3 is 10.2 Å². The highest BCUT2D eigenvalue weighted by Crippen LogP contribution is 2.17. The fraction of sp³-hybridized carbons (Fsp3) is 1.00. The molecule has 2 heteroatoms. The first-order chi connectivity index (χ1) is 6.12. The van der Waals surface area contributed by atoms with E-state index in [1.54, 1.807) is 6.92 Å². The molecule has 0 aliphatic heterocycles. The summed E-state index contributed by atoms with van der Waals surface area (Å²) in [6.07, 6.45) is 3.45. The molecule has 0 bridgehead atoms. The number of aliphatic hydroxyl groups is 2. The first kappa shape index (κ1) is 15.4. The van der Waals surface area contributed by atoms with Crippen LogP contribution in [0.4, 0.5) is 0 Å². The van der Waals surface area contributed by atoms with Gasteiger partial charge >= 0.3 is 0 Å². The molecule has 0 heterocycles. The van der Waals surface area contributed by atoms with Crippen molar-refractivity contribution in [2.75, 3.05) is 13.2 Å². The van der Waals surface area contributed by atoms with Crippen molar-refractivity contribution in [2.45, 2.75) is 47.0 Å². The minimum absolute atomic E-state index is 0.250. The van der Waals surface area contributed by atoms with Crippen LogP contribution in [-0.4, -0.2) is 23.4 Å². The van der Waals surface area contributed by atoms with E-state index in [9.17, 15) is 0 Å². The third kappa shape index (κ3) is 14.7. The predicted molar refractivity (Wildman–Crippen MR) is 57.7 cm³/mol. The summed E-state index contributed by atoms with van der Waals surface area (Å²) in [4.78, 5) is 0. The summed E-state index contributed by atoms with van der Waals surface area (Å²) in [6, 6.07) is 0. The lowest BCUT2D eigenvalue weighted by molar-refractivity contribution is 0.240. The maximum Gasteiger partial charge on any atom is 0.0433 e. The zero-order valence-corrected chi connectivity index (χ0v) is 9.58. The summed E-state index contributed by atoms with van der Waals surface area (Å²) in [6.45, 7) is 8.95. The van der Waals surface area contributed by atoms with Crippen LogP contribution in [0.5, 0.6) is 0 Å². The van der Waals surface area contributed by atoms with Crippen LogP contribution in [0.2, 0.25) is 0 Å². The molecular formula is C11H26O2. The van der Waals surface area contributed by atoms with Crippen molar-refractivity contribution in [3.05, 3.63) is 0 Å². The average Bonchev–Trinajstić information content (AvgIpc) is 2.04. The standard InChI is InChI=1S/C9H20O.C2H6O/c1-4-9(5-6-10)7-8(2)3;1-2-3/h8-10H,4-7H2,1-3H3;3H,2H2,1H3. The molecule has 2 N–H and O–H groups in total. The van der Waals surface area contributed by atoms with Crippen LogP contribution in [0.15, 0.2) is 0 Å². The van der Waals surface area contributed by atoms with Crippen LogP contribution < -0.4 is 0 Å². The molecule has 0 aromatic rings. The Labute approximate surface area is 83.0 Å². The first-order valence-corrected chi connectivity index (χ1v) is 5.33. The van der Waals surface area contributed by atoms with Crippen LogP contribution in [0.3, 0.4) is 0 Å². The second kappa shape index (κ2) is 11.9. The Morgan fingerprint density at radius 2 is 1.54 bits per heavy atom. The van der Waals surface area contributed by atoms with E-state index in [1.807, 2.05) is 0 Å². The van der Waals surface area contributed by atoms with Crippen molar-refractivity contribution in [1.29, 1.82) is 0 Å². The number of hydrogen-bond acceptors (Lipinski definition) is 2. The summed E-state index contributed by atoms with van der Waals surface area (Å²) in [5.41, 5.74) is 0. The van der Waals surface area contributed by atoms with Gasteiger partial charge in [0.1, 0.15) is 0 Å². The van der Waals surface area contributed by atoms with Gasteiger partial charge in [0.2, 0.25) is 0 Å². The highest BCUT2D eigenvalue weighted by molar-refractivity contribution is 4.58. The second-order valence-corrected chi connectivity index (χ2v) is 3.73. The normalized spacial score (nSPS) is 12.2. The lowest BCUT2D eigenvalue weighted by Gasteiger charge is -2.14. The van der Waals surface area contributed by atoms with E-state index in [0.29, 0.717) is 6.61 Å². The molecule has 0 fully saturated rings. The van der Waals surface area contributed by atoms with Crippen LogP contribution >= 0.6 is 0 Å². The van der Waals surface area contributed by atoms with E-state index in [0.717, 1.165) is 18.3 Å². The largest absolute Gasteiger partial charge is 0.397 e. The third-order valence-electron chi connectivity index (χ3n) is 1.92. The Kier molecular flexibility index (Phi) is 14.1. The first-order valence-electron chi connectivity index (χ1n) is 5.33. The molecule has 1 unspecified atom stereocenters. The Bertz CT molecular complexity index is 82.2. The number of hydrogen-bond donors (Lipinski definition) is 2. The van der Waals surface area contributed by atoms with E-state index in [2.05, 4.69) is 20.8 Å². The zero-order valence-electron chi connectivity index (χ0n) is 9.58. The van der Waals surface area contributed by atoms with Gasteiger partial charge in [0.15, 0.2) is 0 Å². The van der Waals surface area contributed by atoms with Gasteiger partial charge in [-0.25, -0.2) is 0 Å². The fourth-order valence-corrected chi connectivity index (χ4v) is 1.34. The molecule has 0 aliphatic rings. The Morgan fingerprint density at radius 3 is 1.77 bits per heavy atom. The van der Waals surface area contributed by atoms with Crippen molar-refractivity contribution in [2.24, 2.45) is 11.8 Å². The molecule has 0 aliphatic carbocycles. The van der Waals surface area contributed by atoms with Gasteiger partial charge in [0.05, 0.1) is 0 Å². The quantitative estimate of drug-likeness (QED) is 0.699. The van der Waals surface area contributed by atoms with Gasteiger partial charge in [-0.2, -0.15) is 0 Å². The SMILES string of the molecule is CCC(CCO)CC(C)C.CCO. The second-order valence-electron chi connectivity index (χ2n) is 3.73. The molecule has 82 valence electrons.